The van der Waals surface area contributed by atoms with Crippen molar-refractivity contribution in [1.29, 1.82) is 0 Å². The van der Waals surface area contributed by atoms with Crippen LogP contribution in [-0.2, 0) is 7.05 Å². The SMILES string of the molecule is Cn1ccsc1=NC(=O)c1cccc(Cl)c1. The topological polar surface area (TPSA) is 34.4 Å². The molecule has 0 fully saturated rings. The molecule has 5 heteroatoms. The predicted molar refractivity (Wildman–Crippen MR) is 64.6 cm³/mol. The molecule has 2 aromatic rings. The van der Waals surface area contributed by atoms with Crippen molar-refractivity contribution in [3.8, 4) is 0 Å². The molecule has 0 saturated heterocycles. The van der Waals surface area contributed by atoms with Crippen LogP contribution in [0.5, 0.6) is 0 Å². The van der Waals surface area contributed by atoms with Gasteiger partial charge in [-0.25, -0.2) is 0 Å². The van der Waals surface area contributed by atoms with Crippen molar-refractivity contribution in [1.82, 2.24) is 4.57 Å². The molecule has 82 valence electrons. The van der Waals surface area contributed by atoms with Crippen molar-refractivity contribution in [2.75, 3.05) is 0 Å². The van der Waals surface area contributed by atoms with Gasteiger partial charge in [0.25, 0.3) is 5.91 Å². The summed E-state index contributed by atoms with van der Waals surface area (Å²) >= 11 is 7.22. The summed E-state index contributed by atoms with van der Waals surface area (Å²) in [7, 11) is 1.85. The number of aryl methyl sites for hydroxylation is 1. The molecule has 0 aliphatic carbocycles. The lowest BCUT2D eigenvalue weighted by molar-refractivity contribution is 0.0998. The number of hydrogen-bond acceptors (Lipinski definition) is 2. The number of halogens is 1. The van der Waals surface area contributed by atoms with Gasteiger partial charge in [-0.3, -0.25) is 4.79 Å². The van der Waals surface area contributed by atoms with Crippen LogP contribution in [0.1, 0.15) is 10.4 Å². The first-order valence-corrected chi connectivity index (χ1v) is 5.87. The number of thiazole rings is 1. The second kappa shape index (κ2) is 4.63. The Bertz CT molecular complexity index is 585. The normalized spacial score (nSPS) is 11.8. The van der Waals surface area contributed by atoms with E-state index in [1.165, 1.54) is 11.3 Å². The highest BCUT2D eigenvalue weighted by Crippen LogP contribution is 2.11. The van der Waals surface area contributed by atoms with Crippen LogP contribution in [0, 0.1) is 0 Å². The van der Waals surface area contributed by atoms with Gasteiger partial charge < -0.3 is 4.57 Å². The van der Waals surface area contributed by atoms with E-state index in [0.29, 0.717) is 15.4 Å². The van der Waals surface area contributed by atoms with Crippen molar-refractivity contribution in [3.05, 3.63) is 51.2 Å². The van der Waals surface area contributed by atoms with Gasteiger partial charge in [-0.15, -0.1) is 11.3 Å². The van der Waals surface area contributed by atoms with Crippen molar-refractivity contribution < 1.29 is 4.79 Å². The van der Waals surface area contributed by atoms with Crippen LogP contribution in [-0.4, -0.2) is 10.5 Å². The van der Waals surface area contributed by atoms with Crippen molar-refractivity contribution >= 4 is 28.8 Å². The van der Waals surface area contributed by atoms with Gasteiger partial charge in [0.2, 0.25) is 0 Å². The molecule has 16 heavy (non-hydrogen) atoms. The number of hydrogen-bond donors (Lipinski definition) is 0. The molecule has 1 aromatic carbocycles. The van der Waals surface area contributed by atoms with Crippen LogP contribution in [0.2, 0.25) is 5.02 Å². The molecular formula is C11H9ClN2OS. The molecule has 0 bridgehead atoms. The Morgan fingerprint density at radius 3 is 2.94 bits per heavy atom. The fourth-order valence-corrected chi connectivity index (χ4v) is 2.13. The molecular weight excluding hydrogens is 244 g/mol. The summed E-state index contributed by atoms with van der Waals surface area (Å²) < 4.78 is 1.80. The summed E-state index contributed by atoms with van der Waals surface area (Å²) in [4.78, 5) is 16.5. The highest BCUT2D eigenvalue weighted by Gasteiger charge is 2.04. The fraction of sp³-hybridized carbons (Fsp3) is 0.0909. The molecule has 1 amide bonds. The van der Waals surface area contributed by atoms with Crippen LogP contribution in [0.3, 0.4) is 0 Å². The summed E-state index contributed by atoms with van der Waals surface area (Å²) in [6.45, 7) is 0. The zero-order chi connectivity index (χ0) is 11.5. The quantitative estimate of drug-likeness (QED) is 0.768. The van der Waals surface area contributed by atoms with Crippen molar-refractivity contribution in [3.63, 3.8) is 0 Å². The summed E-state index contributed by atoms with van der Waals surface area (Å²) in [5, 5.41) is 2.42. The zero-order valence-corrected chi connectivity index (χ0v) is 10.1. The van der Waals surface area contributed by atoms with Gasteiger partial charge in [0.1, 0.15) is 0 Å². The monoisotopic (exact) mass is 252 g/mol. The molecule has 0 radical (unpaired) electrons. The van der Waals surface area contributed by atoms with Crippen LogP contribution < -0.4 is 4.80 Å². The average molecular weight is 253 g/mol. The van der Waals surface area contributed by atoms with Gasteiger partial charge >= 0.3 is 0 Å². The Kier molecular flexibility index (Phi) is 3.22. The van der Waals surface area contributed by atoms with Gasteiger partial charge in [0.15, 0.2) is 4.80 Å². The molecule has 0 N–H and O–H groups in total. The molecule has 1 heterocycles. The summed E-state index contributed by atoms with van der Waals surface area (Å²) in [6, 6.07) is 6.77. The lowest BCUT2D eigenvalue weighted by atomic mass is 10.2. The maximum Gasteiger partial charge on any atom is 0.279 e. The second-order valence-electron chi connectivity index (χ2n) is 3.22. The number of nitrogens with zero attached hydrogens (tertiary/aromatic N) is 2. The van der Waals surface area contributed by atoms with Gasteiger partial charge in [-0.2, -0.15) is 4.99 Å². The van der Waals surface area contributed by atoms with Crippen LogP contribution in [0.25, 0.3) is 0 Å². The van der Waals surface area contributed by atoms with E-state index in [1.807, 2.05) is 18.6 Å². The third-order valence-corrected chi connectivity index (χ3v) is 3.11. The second-order valence-corrected chi connectivity index (χ2v) is 4.53. The third-order valence-electron chi connectivity index (χ3n) is 2.03. The number of benzene rings is 1. The van der Waals surface area contributed by atoms with Gasteiger partial charge in [0.05, 0.1) is 0 Å². The van der Waals surface area contributed by atoms with E-state index in [1.54, 1.807) is 28.8 Å². The number of amides is 1. The van der Waals surface area contributed by atoms with Crippen LogP contribution in [0.4, 0.5) is 0 Å². The van der Waals surface area contributed by atoms with E-state index in [0.717, 1.165) is 0 Å². The zero-order valence-electron chi connectivity index (χ0n) is 8.55. The van der Waals surface area contributed by atoms with Gasteiger partial charge in [0, 0.05) is 29.2 Å². The molecule has 0 spiro atoms. The summed E-state index contributed by atoms with van der Waals surface area (Å²) in [5.74, 6) is -0.277. The first kappa shape index (κ1) is 11.1. The molecule has 0 unspecified atom stereocenters. The maximum absolute atomic E-state index is 11.8. The first-order chi connectivity index (χ1) is 7.66. The minimum absolute atomic E-state index is 0.277. The Morgan fingerprint density at radius 1 is 1.50 bits per heavy atom. The average Bonchev–Trinajstić information content (AvgIpc) is 2.64. The summed E-state index contributed by atoms with van der Waals surface area (Å²) in [5.41, 5.74) is 0.501. The van der Waals surface area contributed by atoms with E-state index in [2.05, 4.69) is 4.99 Å². The largest absolute Gasteiger partial charge is 0.327 e. The van der Waals surface area contributed by atoms with Crippen molar-refractivity contribution in [2.45, 2.75) is 0 Å². The number of aromatic nitrogens is 1. The number of carbonyl (C=O) groups is 1. The molecule has 0 saturated carbocycles. The number of carbonyl (C=O) groups excluding carboxylic acids is 1. The van der Waals surface area contributed by atoms with Crippen LogP contribution >= 0.6 is 22.9 Å². The van der Waals surface area contributed by atoms with Crippen molar-refractivity contribution in [2.24, 2.45) is 12.0 Å². The molecule has 0 aliphatic rings. The minimum Gasteiger partial charge on any atom is -0.327 e. The predicted octanol–water partition coefficient (Wildman–Crippen LogP) is 2.48. The molecule has 0 aliphatic heterocycles. The molecule has 2 rings (SSSR count). The minimum atomic E-state index is -0.277. The maximum atomic E-state index is 11.8. The van der Waals surface area contributed by atoms with E-state index in [4.69, 9.17) is 11.6 Å². The third kappa shape index (κ3) is 2.40. The Morgan fingerprint density at radius 2 is 2.31 bits per heavy atom. The van der Waals surface area contributed by atoms with E-state index >= 15 is 0 Å². The lowest BCUT2D eigenvalue weighted by Crippen LogP contribution is -2.12. The van der Waals surface area contributed by atoms with E-state index in [-0.39, 0.29) is 5.91 Å². The van der Waals surface area contributed by atoms with Gasteiger partial charge in [-0.1, -0.05) is 17.7 Å². The molecule has 0 atom stereocenters. The Hall–Kier alpha value is -1.39. The first-order valence-electron chi connectivity index (χ1n) is 4.61. The van der Waals surface area contributed by atoms with Crippen LogP contribution in [0.15, 0.2) is 40.8 Å². The highest BCUT2D eigenvalue weighted by molar-refractivity contribution is 7.07. The number of rotatable bonds is 1. The fourth-order valence-electron chi connectivity index (χ4n) is 1.21. The molecule has 3 nitrogen and oxygen atoms in total. The standard InChI is InChI=1S/C11H9ClN2OS/c1-14-5-6-16-11(14)13-10(15)8-3-2-4-9(12)7-8/h2-7H,1H3. The lowest BCUT2D eigenvalue weighted by Gasteiger charge is -1.95. The Balaban J connectivity index is 2.38. The Labute approximate surface area is 102 Å². The van der Waals surface area contributed by atoms with E-state index < -0.39 is 0 Å². The highest BCUT2D eigenvalue weighted by atomic mass is 35.5. The van der Waals surface area contributed by atoms with E-state index in [9.17, 15) is 4.79 Å². The summed E-state index contributed by atoms with van der Waals surface area (Å²) in [6.07, 6.45) is 1.86. The smallest absolute Gasteiger partial charge is 0.279 e. The molecule has 1 aromatic heterocycles. The van der Waals surface area contributed by atoms with Gasteiger partial charge in [-0.05, 0) is 18.2 Å².